The normalized spacial score (nSPS) is 46.5. The maximum absolute atomic E-state index is 11.8. The molecule has 4 heteroatoms. The Morgan fingerprint density at radius 2 is 2.21 bits per heavy atom. The van der Waals surface area contributed by atoms with E-state index in [1.165, 1.54) is 37.0 Å². The highest BCUT2D eigenvalue weighted by Gasteiger charge is 2.68. The van der Waals surface area contributed by atoms with Gasteiger partial charge in [-0.1, -0.05) is 0 Å². The van der Waals surface area contributed by atoms with Crippen molar-refractivity contribution in [3.05, 3.63) is 23.3 Å². The van der Waals surface area contributed by atoms with E-state index in [4.69, 9.17) is 4.74 Å². The molecule has 0 N–H and O–H groups in total. The highest BCUT2D eigenvalue weighted by molar-refractivity contribution is 5.89. The highest BCUT2D eigenvalue weighted by atomic mass is 127. The van der Waals surface area contributed by atoms with Crippen molar-refractivity contribution in [2.75, 3.05) is 13.6 Å². The van der Waals surface area contributed by atoms with Crippen molar-refractivity contribution in [3.8, 4) is 0 Å². The van der Waals surface area contributed by atoms with E-state index >= 15 is 0 Å². The number of halogens is 1. The number of carbonyl (C=O) groups is 1. The second-order valence-electron chi connectivity index (χ2n) is 6.57. The van der Waals surface area contributed by atoms with E-state index < -0.39 is 0 Å². The van der Waals surface area contributed by atoms with Crippen LogP contribution in [0.15, 0.2) is 23.3 Å². The Morgan fingerprint density at radius 3 is 3.00 bits per heavy atom. The smallest absolute Gasteiger partial charge is 0.332 e. The number of ether oxygens (including phenoxy) is 1. The third-order valence-corrected chi connectivity index (χ3v) is 5.76. The molecule has 0 saturated carbocycles. The molecule has 0 aromatic rings. The number of nitrogens with zero attached hydrogens (tertiary/aromatic N) is 1. The molecular formula is C15H20INO2. The number of piperidine rings is 1. The van der Waals surface area contributed by atoms with Gasteiger partial charge in [-0.3, -0.25) is 0 Å². The Balaban J connectivity index is 0.00000110. The number of likely N-dealkylation sites (N-methyl/N-ethyl adjacent to an activating group) is 1. The summed E-state index contributed by atoms with van der Waals surface area (Å²) in [6.07, 6.45) is 8.90. The third-order valence-electron chi connectivity index (χ3n) is 5.76. The fraction of sp³-hybridized carbons (Fsp3) is 0.667. The molecule has 0 radical (unpaired) electrons. The van der Waals surface area contributed by atoms with Gasteiger partial charge in [0.1, 0.15) is 12.1 Å². The van der Waals surface area contributed by atoms with Crippen molar-refractivity contribution in [2.45, 2.75) is 50.3 Å². The van der Waals surface area contributed by atoms with E-state index in [0.717, 1.165) is 10.9 Å². The summed E-state index contributed by atoms with van der Waals surface area (Å²) in [5.41, 5.74) is 2.17. The van der Waals surface area contributed by atoms with E-state index in [1.54, 1.807) is 6.08 Å². The van der Waals surface area contributed by atoms with Crippen LogP contribution in [0.1, 0.15) is 32.6 Å². The summed E-state index contributed by atoms with van der Waals surface area (Å²) in [6, 6.07) is 1.01. The van der Waals surface area contributed by atoms with Crippen LogP contribution in [0.2, 0.25) is 0 Å². The van der Waals surface area contributed by atoms with Crippen LogP contribution in [0.3, 0.4) is 0 Å². The Morgan fingerprint density at radius 1 is 1.42 bits per heavy atom. The summed E-state index contributed by atoms with van der Waals surface area (Å²) in [5, 5.41) is 0. The standard InChI is InChI=1S/C15H20NO2.HI/c1-10-7-11-9-15(12(10)8-14(17)18-15)13-5-3-4-6-16(11,13)2;/h7-8,11,13H,3-6,9H2,1-2H3;1H/q+1;/p-1/t11-,13-,15+,16?;/m1./s1. The van der Waals surface area contributed by atoms with E-state index in [2.05, 4.69) is 20.0 Å². The first-order chi connectivity index (χ1) is 8.56. The molecule has 104 valence electrons. The molecule has 0 aromatic heterocycles. The third kappa shape index (κ3) is 1.50. The first kappa shape index (κ1) is 13.6. The Hall–Kier alpha value is -0.360. The van der Waals surface area contributed by atoms with Crippen LogP contribution in [-0.2, 0) is 9.53 Å². The van der Waals surface area contributed by atoms with Crippen molar-refractivity contribution in [2.24, 2.45) is 0 Å². The minimum absolute atomic E-state index is 0. The van der Waals surface area contributed by atoms with Gasteiger partial charge in [0, 0.05) is 18.1 Å². The van der Waals surface area contributed by atoms with Crippen LogP contribution in [0.4, 0.5) is 0 Å². The van der Waals surface area contributed by atoms with Gasteiger partial charge in [0.05, 0.1) is 20.0 Å². The number of quaternary nitrogens is 1. The maximum Gasteiger partial charge on any atom is 0.332 e. The molecule has 0 amide bonds. The van der Waals surface area contributed by atoms with Gasteiger partial charge >= 0.3 is 5.97 Å². The second kappa shape index (κ2) is 4.07. The van der Waals surface area contributed by atoms with Crippen LogP contribution in [0.25, 0.3) is 0 Å². The number of fused-ring (bicyclic) bond motifs is 3. The van der Waals surface area contributed by atoms with Crippen molar-refractivity contribution < 1.29 is 38.0 Å². The van der Waals surface area contributed by atoms with Crippen molar-refractivity contribution in [1.82, 2.24) is 0 Å². The van der Waals surface area contributed by atoms with Gasteiger partial charge in [-0.25, -0.2) is 4.79 Å². The second-order valence-corrected chi connectivity index (χ2v) is 6.57. The summed E-state index contributed by atoms with van der Waals surface area (Å²) in [6.45, 7) is 3.37. The lowest BCUT2D eigenvalue weighted by Gasteiger charge is -2.44. The van der Waals surface area contributed by atoms with Crippen molar-refractivity contribution >= 4 is 5.97 Å². The van der Waals surface area contributed by atoms with E-state index in [9.17, 15) is 4.79 Å². The fourth-order valence-corrected chi connectivity index (χ4v) is 4.96. The first-order valence-electron chi connectivity index (χ1n) is 7.05. The molecular weight excluding hydrogens is 353 g/mol. The molecule has 4 atom stereocenters. The predicted molar refractivity (Wildman–Crippen MR) is 67.8 cm³/mol. The SMILES string of the molecule is CC1=C[C@@H]2C[C@@]3(OC(=O)C=C13)[C@H]1CCCC[N+]21C.[I-]. The molecule has 3 heterocycles. The lowest BCUT2D eigenvalue weighted by molar-refractivity contribution is -0.944. The van der Waals surface area contributed by atoms with Crippen LogP contribution in [0.5, 0.6) is 0 Å². The lowest BCUT2D eigenvalue weighted by Crippen LogP contribution is -3.00. The largest absolute Gasteiger partial charge is 1.00 e. The summed E-state index contributed by atoms with van der Waals surface area (Å²) in [5.74, 6) is -0.127. The zero-order valence-electron chi connectivity index (χ0n) is 11.5. The lowest BCUT2D eigenvalue weighted by atomic mass is 9.77. The molecule has 2 saturated heterocycles. The van der Waals surface area contributed by atoms with E-state index in [0.29, 0.717) is 12.1 Å². The van der Waals surface area contributed by atoms with Gasteiger partial charge in [0.2, 0.25) is 0 Å². The van der Waals surface area contributed by atoms with E-state index in [1.807, 2.05) is 0 Å². The fourth-order valence-electron chi connectivity index (χ4n) is 4.96. The van der Waals surface area contributed by atoms with Crippen LogP contribution in [-0.4, -0.2) is 41.7 Å². The minimum atomic E-state index is -0.282. The zero-order chi connectivity index (χ0) is 12.5. The average Bonchev–Trinajstić information content (AvgIpc) is 2.76. The summed E-state index contributed by atoms with van der Waals surface area (Å²) in [4.78, 5) is 11.8. The van der Waals surface area contributed by atoms with Gasteiger partial charge in [0.15, 0.2) is 5.60 Å². The molecule has 2 bridgehead atoms. The Labute approximate surface area is 131 Å². The summed E-state index contributed by atoms with van der Waals surface area (Å²) >= 11 is 0. The number of hydrogen-bond donors (Lipinski definition) is 0. The number of carbonyl (C=O) groups excluding carboxylic acids is 1. The molecule has 4 aliphatic rings. The highest BCUT2D eigenvalue weighted by Crippen LogP contribution is 2.56. The summed E-state index contributed by atoms with van der Waals surface area (Å²) in [7, 11) is 2.36. The van der Waals surface area contributed by atoms with Crippen molar-refractivity contribution in [1.29, 1.82) is 0 Å². The number of rotatable bonds is 0. The van der Waals surface area contributed by atoms with Crippen LogP contribution >= 0.6 is 0 Å². The van der Waals surface area contributed by atoms with Gasteiger partial charge < -0.3 is 33.2 Å². The first-order valence-corrected chi connectivity index (χ1v) is 7.05. The van der Waals surface area contributed by atoms with Gasteiger partial charge in [-0.15, -0.1) is 0 Å². The zero-order valence-corrected chi connectivity index (χ0v) is 13.6. The summed E-state index contributed by atoms with van der Waals surface area (Å²) < 4.78 is 6.95. The van der Waals surface area contributed by atoms with Gasteiger partial charge in [0.25, 0.3) is 0 Å². The topological polar surface area (TPSA) is 26.3 Å². The maximum atomic E-state index is 11.8. The van der Waals surface area contributed by atoms with E-state index in [-0.39, 0.29) is 35.5 Å². The van der Waals surface area contributed by atoms with Gasteiger partial charge in [-0.05, 0) is 31.4 Å². The predicted octanol–water partition coefficient (Wildman–Crippen LogP) is -1.06. The molecule has 1 unspecified atom stereocenters. The van der Waals surface area contributed by atoms with Gasteiger partial charge in [-0.2, -0.15) is 0 Å². The molecule has 1 aliphatic carbocycles. The molecule has 1 spiro atoms. The number of hydrogen-bond acceptors (Lipinski definition) is 2. The average molecular weight is 373 g/mol. The molecule has 19 heavy (non-hydrogen) atoms. The monoisotopic (exact) mass is 373 g/mol. The van der Waals surface area contributed by atoms with Crippen molar-refractivity contribution in [3.63, 3.8) is 0 Å². The molecule has 3 aliphatic heterocycles. The van der Waals surface area contributed by atoms with Crippen LogP contribution in [0, 0.1) is 0 Å². The molecule has 4 rings (SSSR count). The molecule has 2 fully saturated rings. The molecule has 3 nitrogen and oxygen atoms in total. The van der Waals surface area contributed by atoms with Crippen LogP contribution < -0.4 is 24.0 Å². The minimum Gasteiger partial charge on any atom is -1.00 e. The Bertz CT molecular complexity index is 512. The number of esters is 1. The molecule has 0 aromatic carbocycles. The Kier molecular flexibility index (Phi) is 2.92. The quantitative estimate of drug-likeness (QED) is 0.308.